The molecule has 0 bridgehead atoms. The third-order valence-electron chi connectivity index (χ3n) is 1.51. The summed E-state index contributed by atoms with van der Waals surface area (Å²) in [7, 11) is 0. The molecule has 0 spiro atoms. The second-order valence-electron chi connectivity index (χ2n) is 2.22. The van der Waals surface area contributed by atoms with E-state index in [0.717, 1.165) is 19.5 Å². The van der Waals surface area contributed by atoms with Gasteiger partial charge >= 0.3 is 0 Å². The largest absolute Gasteiger partial charge is 0.298 e. The highest BCUT2D eigenvalue weighted by Gasteiger charge is 2.15. The van der Waals surface area contributed by atoms with E-state index in [4.69, 9.17) is 0 Å². The van der Waals surface area contributed by atoms with E-state index in [2.05, 4.69) is 16.7 Å². The summed E-state index contributed by atoms with van der Waals surface area (Å²) >= 11 is 0. The second-order valence-corrected chi connectivity index (χ2v) is 2.22. The van der Waals surface area contributed by atoms with Gasteiger partial charge in [0.25, 0.3) is 0 Å². The fourth-order valence-corrected chi connectivity index (χ4v) is 1.02. The summed E-state index contributed by atoms with van der Waals surface area (Å²) in [5, 5.41) is 7.95. The molecule has 0 aromatic rings. The van der Waals surface area contributed by atoms with Gasteiger partial charge in [0.2, 0.25) is 0 Å². The summed E-state index contributed by atoms with van der Waals surface area (Å²) in [4.78, 5) is 0. The lowest BCUT2D eigenvalue weighted by molar-refractivity contribution is -0.0285. The lowest BCUT2D eigenvalue weighted by atomic mass is 10.5. The average molecular weight is 137 g/mol. The molecule has 0 saturated heterocycles. The maximum absolute atomic E-state index is 4.13. The first-order valence-electron chi connectivity index (χ1n) is 3.37. The number of rotatable bonds is 1. The van der Waals surface area contributed by atoms with E-state index in [0.29, 0.717) is 0 Å². The number of hydrogen-bond acceptors (Lipinski definition) is 4. The molecule has 0 unspecified atom stereocenters. The molecule has 0 amide bonds. The van der Waals surface area contributed by atoms with Crippen LogP contribution in [0.2, 0.25) is 0 Å². The fourth-order valence-electron chi connectivity index (χ4n) is 1.02. The zero-order valence-corrected chi connectivity index (χ0v) is 5.62. The van der Waals surface area contributed by atoms with Crippen LogP contribution in [0.1, 0.15) is 6.42 Å². The zero-order chi connectivity index (χ0) is 6.81. The standard InChI is InChI=1S/C6H9N4/c1-3-7-9(5-1)10-6-2-4-8-10/h1,4,7H,2,5-6H2. The van der Waals surface area contributed by atoms with Crippen molar-refractivity contribution in [1.82, 2.24) is 15.7 Å². The Morgan fingerprint density at radius 1 is 1.60 bits per heavy atom. The van der Waals surface area contributed by atoms with Gasteiger partial charge in [-0.2, -0.15) is 5.10 Å². The minimum Gasteiger partial charge on any atom is -0.298 e. The highest BCUT2D eigenvalue weighted by molar-refractivity contribution is 5.58. The van der Waals surface area contributed by atoms with Crippen LogP contribution in [0.4, 0.5) is 0 Å². The highest BCUT2D eigenvalue weighted by atomic mass is 15.9. The van der Waals surface area contributed by atoms with Crippen LogP contribution in [0.15, 0.2) is 11.2 Å². The molecule has 2 rings (SSSR count). The van der Waals surface area contributed by atoms with Gasteiger partial charge in [-0.15, -0.1) is 5.12 Å². The number of hydrogen-bond donors (Lipinski definition) is 1. The molecular weight excluding hydrogens is 128 g/mol. The number of hydrazone groups is 1. The zero-order valence-electron chi connectivity index (χ0n) is 5.62. The van der Waals surface area contributed by atoms with Gasteiger partial charge in [-0.25, -0.2) is 5.12 Å². The number of nitrogens with zero attached hydrogens (tertiary/aromatic N) is 3. The minimum absolute atomic E-state index is 0.858. The Bertz CT molecular complexity index is 167. The van der Waals surface area contributed by atoms with E-state index >= 15 is 0 Å². The molecule has 2 heterocycles. The molecule has 4 nitrogen and oxygen atoms in total. The van der Waals surface area contributed by atoms with Crippen LogP contribution in [-0.4, -0.2) is 29.5 Å². The molecular formula is C6H9N4. The van der Waals surface area contributed by atoms with Crippen LogP contribution in [-0.2, 0) is 0 Å². The summed E-state index contributed by atoms with van der Waals surface area (Å²) < 4.78 is 0. The molecule has 4 heteroatoms. The fraction of sp³-hybridized carbons (Fsp3) is 0.500. The Balaban J connectivity index is 1.93. The second kappa shape index (κ2) is 2.30. The van der Waals surface area contributed by atoms with E-state index in [-0.39, 0.29) is 0 Å². The molecule has 2 aliphatic heterocycles. The summed E-state index contributed by atoms with van der Waals surface area (Å²) in [6.45, 7) is 1.83. The highest BCUT2D eigenvalue weighted by Crippen LogP contribution is 2.04. The predicted molar refractivity (Wildman–Crippen MR) is 37.5 cm³/mol. The summed E-state index contributed by atoms with van der Waals surface area (Å²) in [6.07, 6.45) is 7.78. The van der Waals surface area contributed by atoms with Gasteiger partial charge in [-0.1, -0.05) is 0 Å². The molecule has 0 aromatic carbocycles. The first kappa shape index (κ1) is 5.73. The van der Waals surface area contributed by atoms with Gasteiger partial charge < -0.3 is 0 Å². The van der Waals surface area contributed by atoms with Crippen molar-refractivity contribution in [3.63, 3.8) is 0 Å². The molecule has 0 aromatic heterocycles. The van der Waals surface area contributed by atoms with E-state index in [1.165, 1.54) is 0 Å². The Morgan fingerprint density at radius 2 is 2.60 bits per heavy atom. The normalized spacial score (nSPS) is 24.2. The number of nitrogens with one attached hydrogen (secondary N) is 1. The van der Waals surface area contributed by atoms with Crippen LogP contribution in [0.3, 0.4) is 0 Å². The SMILES string of the molecule is [C]1=CCN(N2CCC=N2)N1. The first-order chi connectivity index (χ1) is 4.97. The van der Waals surface area contributed by atoms with Gasteiger partial charge in [0.05, 0.1) is 19.3 Å². The summed E-state index contributed by atoms with van der Waals surface area (Å²) in [5.41, 5.74) is 2.94. The van der Waals surface area contributed by atoms with Gasteiger partial charge in [-0.05, 0) is 6.08 Å². The summed E-state index contributed by atoms with van der Waals surface area (Å²) in [6, 6.07) is 0. The first-order valence-corrected chi connectivity index (χ1v) is 3.37. The van der Waals surface area contributed by atoms with Crippen LogP contribution in [0, 0.1) is 6.20 Å². The Labute approximate surface area is 59.7 Å². The van der Waals surface area contributed by atoms with Crippen LogP contribution >= 0.6 is 0 Å². The maximum atomic E-state index is 4.13. The molecule has 2 aliphatic rings. The van der Waals surface area contributed by atoms with Crippen molar-refractivity contribution in [2.45, 2.75) is 6.42 Å². The summed E-state index contributed by atoms with van der Waals surface area (Å²) in [5.74, 6) is 0. The Kier molecular flexibility index (Phi) is 1.32. The van der Waals surface area contributed by atoms with Crippen molar-refractivity contribution in [3.05, 3.63) is 12.3 Å². The van der Waals surface area contributed by atoms with E-state index < -0.39 is 0 Å². The minimum atomic E-state index is 0.858. The molecule has 0 atom stereocenters. The molecule has 53 valence electrons. The topological polar surface area (TPSA) is 30.9 Å². The van der Waals surface area contributed by atoms with E-state index in [9.17, 15) is 0 Å². The molecule has 1 N–H and O–H groups in total. The Hall–Kier alpha value is -1.03. The van der Waals surface area contributed by atoms with Gasteiger partial charge in [-0.3, -0.25) is 5.43 Å². The molecule has 10 heavy (non-hydrogen) atoms. The quantitative estimate of drug-likeness (QED) is 0.539. The molecule has 0 saturated carbocycles. The van der Waals surface area contributed by atoms with Crippen LogP contribution < -0.4 is 5.43 Å². The van der Waals surface area contributed by atoms with Crippen LogP contribution in [0.25, 0.3) is 0 Å². The van der Waals surface area contributed by atoms with E-state index in [1.807, 2.05) is 22.5 Å². The number of hydrazine groups is 2. The monoisotopic (exact) mass is 137 g/mol. The van der Waals surface area contributed by atoms with Crippen molar-refractivity contribution in [1.29, 1.82) is 0 Å². The lowest BCUT2D eigenvalue weighted by Crippen LogP contribution is -2.42. The smallest absolute Gasteiger partial charge is 0.0725 e. The van der Waals surface area contributed by atoms with Crippen molar-refractivity contribution in [2.75, 3.05) is 13.1 Å². The predicted octanol–water partition coefficient (Wildman–Crippen LogP) is -0.270. The molecule has 0 aliphatic carbocycles. The van der Waals surface area contributed by atoms with Gasteiger partial charge in [0.1, 0.15) is 0 Å². The van der Waals surface area contributed by atoms with Crippen molar-refractivity contribution >= 4 is 6.21 Å². The third-order valence-corrected chi connectivity index (χ3v) is 1.51. The van der Waals surface area contributed by atoms with Crippen molar-refractivity contribution < 1.29 is 0 Å². The lowest BCUT2D eigenvalue weighted by Gasteiger charge is -2.24. The van der Waals surface area contributed by atoms with Gasteiger partial charge in [0.15, 0.2) is 0 Å². The van der Waals surface area contributed by atoms with Crippen molar-refractivity contribution in [3.8, 4) is 0 Å². The average Bonchev–Trinajstić information content (AvgIpc) is 2.59. The Morgan fingerprint density at radius 3 is 3.20 bits per heavy atom. The maximum Gasteiger partial charge on any atom is 0.0725 e. The third kappa shape index (κ3) is 0.863. The molecule has 1 radical (unpaired) electrons. The van der Waals surface area contributed by atoms with Gasteiger partial charge in [0, 0.05) is 12.6 Å². The van der Waals surface area contributed by atoms with Crippen LogP contribution in [0.5, 0.6) is 0 Å². The van der Waals surface area contributed by atoms with E-state index in [1.54, 1.807) is 0 Å². The molecule has 0 fully saturated rings. The van der Waals surface area contributed by atoms with Crippen molar-refractivity contribution in [2.24, 2.45) is 5.10 Å².